The molecule has 5 heteroatoms. The van der Waals surface area contributed by atoms with E-state index in [0.717, 1.165) is 12.8 Å². The molecule has 0 radical (unpaired) electrons. The molecule has 1 saturated carbocycles. The van der Waals surface area contributed by atoms with E-state index in [0.29, 0.717) is 24.0 Å². The maximum absolute atomic E-state index is 11.8. The first-order chi connectivity index (χ1) is 9.60. The Morgan fingerprint density at radius 3 is 2.80 bits per heavy atom. The molecule has 0 aromatic heterocycles. The van der Waals surface area contributed by atoms with Crippen molar-refractivity contribution in [1.29, 1.82) is 0 Å². The molecule has 1 N–H and O–H groups in total. The lowest BCUT2D eigenvalue weighted by atomic mass is 10.2. The summed E-state index contributed by atoms with van der Waals surface area (Å²) in [6.07, 6.45) is 1.49. The lowest BCUT2D eigenvalue weighted by molar-refractivity contribution is -0.127. The van der Waals surface area contributed by atoms with Crippen LogP contribution in [0.3, 0.4) is 0 Å². The number of ether oxygens (including phenoxy) is 2. The van der Waals surface area contributed by atoms with Gasteiger partial charge in [0.2, 0.25) is 0 Å². The minimum absolute atomic E-state index is 0.131. The van der Waals surface area contributed by atoms with Gasteiger partial charge in [0.1, 0.15) is 5.75 Å². The monoisotopic (exact) mass is 277 g/mol. The third-order valence-electron chi connectivity index (χ3n) is 2.95. The highest BCUT2D eigenvalue weighted by Gasteiger charge is 2.26. The van der Waals surface area contributed by atoms with Crippen LogP contribution < -0.4 is 10.1 Å². The summed E-state index contributed by atoms with van der Waals surface area (Å²) in [4.78, 5) is 23.4. The molecule has 0 bridgehead atoms. The molecule has 1 aliphatic carbocycles. The zero-order valence-electron chi connectivity index (χ0n) is 11.7. The fraction of sp³-hybridized carbons (Fsp3) is 0.467. The summed E-state index contributed by atoms with van der Waals surface area (Å²) < 4.78 is 10.5. The Morgan fingerprint density at radius 1 is 1.40 bits per heavy atom. The summed E-state index contributed by atoms with van der Waals surface area (Å²) in [6, 6.07) is 6.95. The van der Waals surface area contributed by atoms with Crippen LogP contribution >= 0.6 is 0 Å². The SMILES string of the molecule is CCOC(=O)c1cccc(O[C@@H](C)C(=O)NC2CC2)c1. The molecular weight excluding hydrogens is 258 g/mol. The molecule has 1 fully saturated rings. The van der Waals surface area contributed by atoms with Gasteiger partial charge in [-0.2, -0.15) is 0 Å². The first-order valence-corrected chi connectivity index (χ1v) is 6.84. The van der Waals surface area contributed by atoms with Crippen LogP contribution in [0.5, 0.6) is 5.75 Å². The lowest BCUT2D eigenvalue weighted by Gasteiger charge is -2.15. The Hall–Kier alpha value is -2.04. The van der Waals surface area contributed by atoms with Gasteiger partial charge >= 0.3 is 5.97 Å². The number of esters is 1. The van der Waals surface area contributed by atoms with E-state index in [9.17, 15) is 9.59 Å². The summed E-state index contributed by atoms with van der Waals surface area (Å²) in [5, 5.41) is 2.88. The Morgan fingerprint density at radius 2 is 2.15 bits per heavy atom. The Labute approximate surface area is 118 Å². The van der Waals surface area contributed by atoms with Gasteiger partial charge in [-0.1, -0.05) is 6.07 Å². The number of hydrogen-bond acceptors (Lipinski definition) is 4. The largest absolute Gasteiger partial charge is 0.481 e. The van der Waals surface area contributed by atoms with Crippen molar-refractivity contribution in [3.8, 4) is 5.75 Å². The van der Waals surface area contributed by atoms with Crippen molar-refractivity contribution >= 4 is 11.9 Å². The molecule has 5 nitrogen and oxygen atoms in total. The lowest BCUT2D eigenvalue weighted by Crippen LogP contribution is -2.37. The molecule has 0 spiro atoms. The summed E-state index contributed by atoms with van der Waals surface area (Å²) >= 11 is 0. The van der Waals surface area contributed by atoms with Crippen LogP contribution in [0.1, 0.15) is 37.0 Å². The molecule has 1 aliphatic rings. The van der Waals surface area contributed by atoms with Crippen LogP contribution in [0, 0.1) is 0 Å². The normalized spacial score (nSPS) is 15.3. The van der Waals surface area contributed by atoms with Crippen LogP contribution in [0.15, 0.2) is 24.3 Å². The number of rotatable bonds is 6. The van der Waals surface area contributed by atoms with Gasteiger partial charge in [-0.15, -0.1) is 0 Å². The second-order valence-corrected chi connectivity index (χ2v) is 4.79. The molecule has 1 amide bonds. The minimum atomic E-state index is -0.590. The Bertz CT molecular complexity index is 496. The van der Waals surface area contributed by atoms with E-state index in [-0.39, 0.29) is 5.91 Å². The number of benzene rings is 1. The molecule has 0 saturated heterocycles. The average Bonchev–Trinajstić information content (AvgIpc) is 3.23. The Kier molecular flexibility index (Phi) is 4.61. The summed E-state index contributed by atoms with van der Waals surface area (Å²) in [6.45, 7) is 3.77. The van der Waals surface area contributed by atoms with Gasteiger partial charge in [0.05, 0.1) is 12.2 Å². The maximum atomic E-state index is 11.8. The van der Waals surface area contributed by atoms with Gasteiger partial charge in [-0.05, 0) is 44.9 Å². The highest BCUT2D eigenvalue weighted by molar-refractivity contribution is 5.89. The topological polar surface area (TPSA) is 64.6 Å². The number of carbonyl (C=O) groups is 2. The predicted octanol–water partition coefficient (Wildman–Crippen LogP) is 1.91. The molecule has 1 aromatic rings. The molecule has 0 unspecified atom stereocenters. The van der Waals surface area contributed by atoms with Crippen LogP contribution in [0.4, 0.5) is 0 Å². The maximum Gasteiger partial charge on any atom is 0.338 e. The summed E-state index contributed by atoms with van der Waals surface area (Å²) in [5.41, 5.74) is 0.416. The van der Waals surface area contributed by atoms with Crippen LogP contribution in [0.25, 0.3) is 0 Å². The van der Waals surface area contributed by atoms with E-state index < -0.39 is 12.1 Å². The number of hydrogen-bond donors (Lipinski definition) is 1. The van der Waals surface area contributed by atoms with Crippen molar-refractivity contribution in [3.05, 3.63) is 29.8 Å². The molecule has 2 rings (SSSR count). The van der Waals surface area contributed by atoms with Gasteiger partial charge in [-0.3, -0.25) is 4.79 Å². The second kappa shape index (κ2) is 6.41. The van der Waals surface area contributed by atoms with E-state index >= 15 is 0 Å². The quantitative estimate of drug-likeness (QED) is 0.807. The summed E-state index contributed by atoms with van der Waals surface area (Å²) in [7, 11) is 0. The average molecular weight is 277 g/mol. The van der Waals surface area contributed by atoms with Crippen LogP contribution in [-0.4, -0.2) is 30.6 Å². The zero-order chi connectivity index (χ0) is 14.5. The van der Waals surface area contributed by atoms with Crippen molar-refractivity contribution in [2.75, 3.05) is 6.61 Å². The van der Waals surface area contributed by atoms with Crippen molar-refractivity contribution in [2.24, 2.45) is 0 Å². The fourth-order valence-corrected chi connectivity index (χ4v) is 1.71. The first-order valence-electron chi connectivity index (χ1n) is 6.84. The molecular formula is C15H19NO4. The molecule has 108 valence electrons. The third kappa shape index (κ3) is 3.98. The first kappa shape index (κ1) is 14.4. The standard InChI is InChI=1S/C15H19NO4/c1-3-19-15(18)11-5-4-6-13(9-11)20-10(2)14(17)16-12-7-8-12/h4-6,9-10,12H,3,7-8H2,1-2H3,(H,16,17)/t10-/m0/s1. The van der Waals surface area contributed by atoms with E-state index in [1.807, 2.05) is 0 Å². The van der Waals surface area contributed by atoms with Gasteiger partial charge < -0.3 is 14.8 Å². The third-order valence-corrected chi connectivity index (χ3v) is 2.95. The zero-order valence-corrected chi connectivity index (χ0v) is 11.7. The molecule has 1 aromatic carbocycles. The van der Waals surface area contributed by atoms with Gasteiger partial charge in [-0.25, -0.2) is 4.79 Å². The van der Waals surface area contributed by atoms with Crippen molar-refractivity contribution in [3.63, 3.8) is 0 Å². The van der Waals surface area contributed by atoms with Crippen LogP contribution in [-0.2, 0) is 9.53 Å². The second-order valence-electron chi connectivity index (χ2n) is 4.79. The van der Waals surface area contributed by atoms with E-state index in [1.54, 1.807) is 38.1 Å². The summed E-state index contributed by atoms with van der Waals surface area (Å²) in [5.74, 6) is -0.0453. The van der Waals surface area contributed by atoms with Gasteiger partial charge in [0, 0.05) is 6.04 Å². The molecule has 20 heavy (non-hydrogen) atoms. The van der Waals surface area contributed by atoms with Crippen molar-refractivity contribution < 1.29 is 19.1 Å². The minimum Gasteiger partial charge on any atom is -0.481 e. The van der Waals surface area contributed by atoms with Gasteiger partial charge in [0.25, 0.3) is 5.91 Å². The fourth-order valence-electron chi connectivity index (χ4n) is 1.71. The highest BCUT2D eigenvalue weighted by atomic mass is 16.5. The number of amides is 1. The van der Waals surface area contributed by atoms with E-state index in [2.05, 4.69) is 5.32 Å². The Balaban J connectivity index is 1.95. The van der Waals surface area contributed by atoms with E-state index in [1.165, 1.54) is 0 Å². The van der Waals surface area contributed by atoms with Crippen LogP contribution in [0.2, 0.25) is 0 Å². The van der Waals surface area contributed by atoms with E-state index in [4.69, 9.17) is 9.47 Å². The van der Waals surface area contributed by atoms with Crippen molar-refractivity contribution in [2.45, 2.75) is 38.8 Å². The van der Waals surface area contributed by atoms with Gasteiger partial charge in [0.15, 0.2) is 6.10 Å². The molecule has 0 aliphatic heterocycles. The number of nitrogens with one attached hydrogen (secondary N) is 1. The number of carbonyl (C=O) groups excluding carboxylic acids is 2. The van der Waals surface area contributed by atoms with Crippen molar-refractivity contribution in [1.82, 2.24) is 5.32 Å². The predicted molar refractivity (Wildman–Crippen MR) is 73.7 cm³/mol. The molecule has 0 heterocycles. The molecule has 1 atom stereocenters. The highest BCUT2D eigenvalue weighted by Crippen LogP contribution is 2.20. The smallest absolute Gasteiger partial charge is 0.338 e.